The number of aryl methyl sites for hydroxylation is 1. The summed E-state index contributed by atoms with van der Waals surface area (Å²) in [5, 5.41) is 17.5. The molecule has 0 unspecified atom stereocenters. The smallest absolute Gasteiger partial charge is 0.148 e. The Morgan fingerprint density at radius 1 is 1.24 bits per heavy atom. The molecule has 0 atom stereocenters. The average molecular weight is 231 g/mol. The molecule has 17 heavy (non-hydrogen) atoms. The molecule has 3 N–H and O–H groups in total. The number of nitrogen functional groups attached to an aromatic ring is 1. The summed E-state index contributed by atoms with van der Waals surface area (Å²) in [6.45, 7) is 3.69. The van der Waals surface area contributed by atoms with Crippen molar-refractivity contribution in [2.75, 3.05) is 23.4 Å². The highest BCUT2D eigenvalue weighted by Crippen LogP contribution is 2.22. The van der Waals surface area contributed by atoms with E-state index in [4.69, 9.17) is 16.4 Å². The number of nitrogens with zero attached hydrogens (tertiary/aromatic N) is 5. The summed E-state index contributed by atoms with van der Waals surface area (Å²) in [5.41, 5.74) is 3.18. The minimum Gasteiger partial charge on any atom is -0.330 e. The van der Waals surface area contributed by atoms with Gasteiger partial charge < -0.3 is 10.3 Å². The summed E-state index contributed by atoms with van der Waals surface area (Å²) in [7, 11) is 0. The van der Waals surface area contributed by atoms with Crippen LogP contribution >= 0.6 is 0 Å². The van der Waals surface area contributed by atoms with E-state index in [2.05, 4.69) is 15.4 Å². The Balaban J connectivity index is 3.23. The van der Waals surface area contributed by atoms with Gasteiger partial charge in [0.15, 0.2) is 0 Å². The lowest BCUT2D eigenvalue weighted by atomic mass is 10.2. The van der Waals surface area contributed by atoms with E-state index >= 15 is 0 Å². The molecule has 0 aliphatic rings. The molecule has 0 spiro atoms. The van der Waals surface area contributed by atoms with Crippen LogP contribution in [0.25, 0.3) is 0 Å². The Kier molecular flexibility index (Phi) is 4.21. The quantitative estimate of drug-likeness (QED) is 0.433. The van der Waals surface area contributed by atoms with Gasteiger partial charge in [-0.05, 0) is 13.8 Å². The van der Waals surface area contributed by atoms with Gasteiger partial charge in [-0.25, -0.2) is 15.8 Å². The Bertz CT molecular complexity index is 467. The van der Waals surface area contributed by atoms with E-state index in [-0.39, 0.29) is 13.1 Å². The van der Waals surface area contributed by atoms with Crippen LogP contribution in [-0.4, -0.2) is 23.1 Å². The third kappa shape index (κ3) is 2.80. The van der Waals surface area contributed by atoms with Crippen LogP contribution in [0.1, 0.15) is 11.4 Å². The standard InChI is InChI=1S/C10H13N7/c1-7-9(16-13)14-8(2)15-10(7)17(5-3-11)6-4-12/h5-6,13H2,1-2H3,(H,14,15,16). The van der Waals surface area contributed by atoms with Crippen molar-refractivity contribution in [3.05, 3.63) is 11.4 Å². The summed E-state index contributed by atoms with van der Waals surface area (Å²) in [6, 6.07) is 4.00. The van der Waals surface area contributed by atoms with Crippen molar-refractivity contribution in [3.63, 3.8) is 0 Å². The van der Waals surface area contributed by atoms with E-state index < -0.39 is 0 Å². The fourth-order valence-electron chi connectivity index (χ4n) is 1.44. The van der Waals surface area contributed by atoms with Gasteiger partial charge in [0.1, 0.15) is 30.5 Å². The molecule has 0 saturated heterocycles. The van der Waals surface area contributed by atoms with Gasteiger partial charge in [0.25, 0.3) is 0 Å². The van der Waals surface area contributed by atoms with Crippen molar-refractivity contribution in [2.45, 2.75) is 13.8 Å². The van der Waals surface area contributed by atoms with E-state index in [0.717, 1.165) is 0 Å². The van der Waals surface area contributed by atoms with Gasteiger partial charge in [0.05, 0.1) is 12.1 Å². The second kappa shape index (κ2) is 5.64. The zero-order chi connectivity index (χ0) is 12.8. The van der Waals surface area contributed by atoms with Crippen LogP contribution in [0.5, 0.6) is 0 Å². The summed E-state index contributed by atoms with van der Waals surface area (Å²) in [6.07, 6.45) is 0. The number of aromatic nitrogens is 2. The van der Waals surface area contributed by atoms with Crippen molar-refractivity contribution in [1.82, 2.24) is 9.97 Å². The van der Waals surface area contributed by atoms with Crippen molar-refractivity contribution in [2.24, 2.45) is 5.84 Å². The van der Waals surface area contributed by atoms with Gasteiger partial charge in [0.2, 0.25) is 0 Å². The molecule has 0 fully saturated rings. The fourth-order valence-corrected chi connectivity index (χ4v) is 1.44. The van der Waals surface area contributed by atoms with Crippen LogP contribution in [0, 0.1) is 36.5 Å². The van der Waals surface area contributed by atoms with E-state index in [1.54, 1.807) is 18.7 Å². The van der Waals surface area contributed by atoms with Gasteiger partial charge in [-0.2, -0.15) is 10.5 Å². The highest BCUT2D eigenvalue weighted by molar-refractivity contribution is 5.58. The molecular weight excluding hydrogens is 218 g/mol. The lowest BCUT2D eigenvalue weighted by Crippen LogP contribution is -2.27. The zero-order valence-corrected chi connectivity index (χ0v) is 9.73. The van der Waals surface area contributed by atoms with Crippen LogP contribution in [-0.2, 0) is 0 Å². The predicted octanol–water partition coefficient (Wildman–Crippen LogP) is 0.233. The first-order chi connectivity index (χ1) is 8.13. The first-order valence-electron chi connectivity index (χ1n) is 4.94. The Labute approximate surface area is 99.5 Å². The number of hydrogen-bond acceptors (Lipinski definition) is 7. The van der Waals surface area contributed by atoms with E-state index in [1.807, 2.05) is 12.1 Å². The maximum Gasteiger partial charge on any atom is 0.148 e. The maximum absolute atomic E-state index is 8.73. The Morgan fingerprint density at radius 3 is 2.29 bits per heavy atom. The highest BCUT2D eigenvalue weighted by atomic mass is 15.3. The van der Waals surface area contributed by atoms with Crippen LogP contribution in [0.2, 0.25) is 0 Å². The van der Waals surface area contributed by atoms with E-state index in [1.165, 1.54) is 0 Å². The molecule has 1 aromatic heterocycles. The van der Waals surface area contributed by atoms with Crippen LogP contribution in [0.3, 0.4) is 0 Å². The topological polar surface area (TPSA) is 115 Å². The number of nitrogens with one attached hydrogen (secondary N) is 1. The Morgan fingerprint density at radius 2 is 1.82 bits per heavy atom. The molecule has 0 radical (unpaired) electrons. The Hall–Kier alpha value is -2.38. The number of hydrogen-bond donors (Lipinski definition) is 2. The lowest BCUT2D eigenvalue weighted by Gasteiger charge is -2.20. The average Bonchev–Trinajstić information content (AvgIpc) is 2.31. The third-order valence-corrected chi connectivity index (χ3v) is 2.19. The van der Waals surface area contributed by atoms with Crippen molar-refractivity contribution in [3.8, 4) is 12.1 Å². The third-order valence-electron chi connectivity index (χ3n) is 2.19. The molecule has 7 heteroatoms. The maximum atomic E-state index is 8.73. The van der Waals surface area contributed by atoms with Gasteiger partial charge >= 0.3 is 0 Å². The molecule has 1 heterocycles. The van der Waals surface area contributed by atoms with Crippen LogP contribution in [0.4, 0.5) is 11.6 Å². The number of hydrazine groups is 1. The van der Waals surface area contributed by atoms with Crippen molar-refractivity contribution >= 4 is 11.6 Å². The van der Waals surface area contributed by atoms with Crippen LogP contribution in [0.15, 0.2) is 0 Å². The molecule has 88 valence electrons. The molecule has 0 saturated carbocycles. The van der Waals surface area contributed by atoms with E-state index in [0.29, 0.717) is 23.0 Å². The summed E-state index contributed by atoms with van der Waals surface area (Å²) < 4.78 is 0. The second-order valence-electron chi connectivity index (χ2n) is 3.38. The van der Waals surface area contributed by atoms with Crippen molar-refractivity contribution < 1.29 is 0 Å². The van der Waals surface area contributed by atoms with Crippen molar-refractivity contribution in [1.29, 1.82) is 10.5 Å². The molecule has 1 aromatic rings. The molecule has 0 aromatic carbocycles. The molecule has 0 bridgehead atoms. The lowest BCUT2D eigenvalue weighted by molar-refractivity contribution is 0.896. The summed E-state index contributed by atoms with van der Waals surface area (Å²) in [4.78, 5) is 9.92. The fraction of sp³-hybridized carbons (Fsp3) is 0.400. The largest absolute Gasteiger partial charge is 0.330 e. The SMILES string of the molecule is Cc1nc(NN)c(C)c(N(CC#N)CC#N)n1. The predicted molar refractivity (Wildman–Crippen MR) is 62.8 cm³/mol. The summed E-state index contributed by atoms with van der Waals surface area (Å²) >= 11 is 0. The molecule has 7 nitrogen and oxygen atoms in total. The van der Waals surface area contributed by atoms with Crippen LogP contribution < -0.4 is 16.2 Å². The first kappa shape index (κ1) is 12.7. The molecule has 1 rings (SSSR count). The van der Waals surface area contributed by atoms with Gasteiger partial charge in [0, 0.05) is 5.56 Å². The van der Waals surface area contributed by atoms with Gasteiger partial charge in [-0.15, -0.1) is 0 Å². The molecule has 0 amide bonds. The van der Waals surface area contributed by atoms with Gasteiger partial charge in [-0.1, -0.05) is 0 Å². The molecular formula is C10H13N7. The van der Waals surface area contributed by atoms with E-state index in [9.17, 15) is 0 Å². The minimum atomic E-state index is 0.0921. The number of nitriles is 2. The number of anilines is 2. The van der Waals surface area contributed by atoms with Gasteiger partial charge in [-0.3, -0.25) is 0 Å². The minimum absolute atomic E-state index is 0.0921. The number of rotatable bonds is 4. The highest BCUT2D eigenvalue weighted by Gasteiger charge is 2.14. The number of nitrogens with two attached hydrogens (primary N) is 1. The molecule has 0 aliphatic carbocycles. The molecule has 0 aliphatic heterocycles. The zero-order valence-electron chi connectivity index (χ0n) is 9.73. The summed E-state index contributed by atoms with van der Waals surface area (Å²) in [5.74, 6) is 6.92. The first-order valence-corrected chi connectivity index (χ1v) is 4.94. The second-order valence-corrected chi connectivity index (χ2v) is 3.38. The monoisotopic (exact) mass is 231 g/mol. The normalized spacial score (nSPS) is 9.24.